The summed E-state index contributed by atoms with van der Waals surface area (Å²) in [7, 11) is 0. The Hall–Kier alpha value is -6.29. The van der Waals surface area contributed by atoms with Gasteiger partial charge < -0.3 is 23.7 Å². The third-order valence-corrected chi connectivity index (χ3v) is 5.54. The first-order valence-electron chi connectivity index (χ1n) is 12.8. The van der Waals surface area contributed by atoms with Gasteiger partial charge >= 0.3 is 29.8 Å². The predicted octanol–water partition coefficient (Wildman–Crippen LogP) is 5.87. The lowest BCUT2D eigenvalue weighted by molar-refractivity contribution is -0.131. The molecule has 0 saturated heterocycles. The van der Waals surface area contributed by atoms with Crippen molar-refractivity contribution in [2.45, 2.75) is 6.92 Å². The Morgan fingerprint density at radius 3 is 1.30 bits per heavy atom. The monoisotopic (exact) mass is 594 g/mol. The first-order chi connectivity index (χ1) is 21.1. The van der Waals surface area contributed by atoms with E-state index in [9.17, 15) is 24.0 Å². The molecule has 0 amide bonds. The van der Waals surface area contributed by atoms with Crippen LogP contribution in [-0.4, -0.2) is 29.8 Å². The fourth-order valence-corrected chi connectivity index (χ4v) is 3.59. The van der Waals surface area contributed by atoms with Crippen LogP contribution in [-0.2, 0) is 24.0 Å². The zero-order valence-electron chi connectivity index (χ0n) is 23.6. The number of carbonyl (C=O) groups is 5. The van der Waals surface area contributed by atoms with E-state index in [-0.39, 0.29) is 28.7 Å². The highest BCUT2D eigenvalue weighted by atomic mass is 16.6. The van der Waals surface area contributed by atoms with Crippen molar-refractivity contribution in [2.75, 3.05) is 0 Å². The van der Waals surface area contributed by atoms with E-state index in [2.05, 4.69) is 26.3 Å². The van der Waals surface area contributed by atoms with Gasteiger partial charge in [0.15, 0.2) is 23.0 Å². The summed E-state index contributed by atoms with van der Waals surface area (Å²) in [6.07, 6.45) is 6.52. The molecule has 0 aliphatic rings. The fraction of sp³-hybridized carbons (Fsp3) is 0.0294. The SMILES string of the molecule is C=CC(=O)Oc1ccc(-c2ccc(-c3ccc(OC(=O)C=C)c(OC(=O)C=C)c3)c(OC(=O)/C=C/C)c2)cc1OC(=O)C=C. The quantitative estimate of drug-likeness (QED) is 0.143. The number of hydrogen-bond donors (Lipinski definition) is 0. The van der Waals surface area contributed by atoms with Crippen molar-refractivity contribution in [2.24, 2.45) is 0 Å². The molecule has 3 rings (SSSR count). The molecule has 44 heavy (non-hydrogen) atoms. The molecule has 0 aromatic heterocycles. The number of rotatable bonds is 12. The third-order valence-electron chi connectivity index (χ3n) is 5.54. The van der Waals surface area contributed by atoms with Gasteiger partial charge in [-0.25, -0.2) is 24.0 Å². The minimum atomic E-state index is -0.802. The van der Waals surface area contributed by atoms with Crippen molar-refractivity contribution in [3.8, 4) is 51.0 Å². The van der Waals surface area contributed by atoms with Gasteiger partial charge in [0.1, 0.15) is 5.75 Å². The average Bonchev–Trinajstić information content (AvgIpc) is 3.02. The maximum Gasteiger partial charge on any atom is 0.335 e. The molecule has 3 aromatic rings. The van der Waals surface area contributed by atoms with Crippen LogP contribution in [0.25, 0.3) is 22.3 Å². The summed E-state index contributed by atoms with van der Waals surface area (Å²) in [5.41, 5.74) is 1.85. The summed E-state index contributed by atoms with van der Waals surface area (Å²) in [5.74, 6) is -3.97. The molecule has 0 spiro atoms. The zero-order valence-corrected chi connectivity index (χ0v) is 23.6. The maximum absolute atomic E-state index is 12.5. The summed E-state index contributed by atoms with van der Waals surface area (Å²) >= 11 is 0. The van der Waals surface area contributed by atoms with E-state index in [1.54, 1.807) is 37.3 Å². The molecule has 0 radical (unpaired) electrons. The number of allylic oxidation sites excluding steroid dienone is 1. The van der Waals surface area contributed by atoms with E-state index in [1.165, 1.54) is 36.4 Å². The van der Waals surface area contributed by atoms with Crippen molar-refractivity contribution in [1.82, 2.24) is 0 Å². The summed E-state index contributed by atoms with van der Waals surface area (Å²) < 4.78 is 26.5. The lowest BCUT2D eigenvalue weighted by Crippen LogP contribution is -2.09. The van der Waals surface area contributed by atoms with Gasteiger partial charge in [-0.05, 0) is 53.9 Å². The van der Waals surface area contributed by atoms with Crippen LogP contribution in [0.5, 0.6) is 28.7 Å². The fourth-order valence-electron chi connectivity index (χ4n) is 3.59. The van der Waals surface area contributed by atoms with Crippen LogP contribution in [0, 0.1) is 0 Å². The highest BCUT2D eigenvalue weighted by Gasteiger charge is 2.18. The van der Waals surface area contributed by atoms with Crippen LogP contribution in [0.1, 0.15) is 6.92 Å². The van der Waals surface area contributed by atoms with Crippen LogP contribution in [0.2, 0.25) is 0 Å². The molecule has 0 atom stereocenters. The van der Waals surface area contributed by atoms with E-state index in [4.69, 9.17) is 23.7 Å². The number of carbonyl (C=O) groups excluding carboxylic acids is 5. The van der Waals surface area contributed by atoms with Crippen LogP contribution in [0.4, 0.5) is 0 Å². The molecule has 3 aromatic carbocycles. The number of ether oxygens (including phenoxy) is 5. The Morgan fingerprint density at radius 2 is 0.841 bits per heavy atom. The molecule has 0 saturated carbocycles. The van der Waals surface area contributed by atoms with Gasteiger partial charge in [0.05, 0.1) is 0 Å². The molecular formula is C34H26O10. The average molecular weight is 595 g/mol. The summed E-state index contributed by atoms with van der Waals surface area (Å²) in [5, 5.41) is 0. The van der Waals surface area contributed by atoms with Crippen LogP contribution < -0.4 is 23.7 Å². The molecular weight excluding hydrogens is 568 g/mol. The predicted molar refractivity (Wildman–Crippen MR) is 161 cm³/mol. The molecule has 0 heterocycles. The molecule has 0 N–H and O–H groups in total. The van der Waals surface area contributed by atoms with E-state index in [0.717, 1.165) is 24.3 Å². The van der Waals surface area contributed by atoms with Gasteiger partial charge in [-0.3, -0.25) is 0 Å². The Kier molecular flexibility index (Phi) is 11.0. The lowest BCUT2D eigenvalue weighted by atomic mass is 9.98. The first kappa shape index (κ1) is 32.2. The van der Waals surface area contributed by atoms with Gasteiger partial charge in [0.2, 0.25) is 0 Å². The standard InChI is InChI=1S/C34H26O10/c1-6-11-34(39)42-27-18-21(22-13-16-25(40-30(35)7-2)28(19-22)43-32(37)9-4)12-15-24(27)23-14-17-26(41-31(36)8-3)29(20-23)44-33(38)10-5/h6-20H,2-5H2,1H3/b11-6+. The normalized spacial score (nSPS) is 10.2. The van der Waals surface area contributed by atoms with Gasteiger partial charge in [-0.1, -0.05) is 56.7 Å². The topological polar surface area (TPSA) is 132 Å². The second-order valence-corrected chi connectivity index (χ2v) is 8.46. The lowest BCUT2D eigenvalue weighted by Gasteiger charge is -2.15. The van der Waals surface area contributed by atoms with Crippen molar-refractivity contribution in [1.29, 1.82) is 0 Å². The highest BCUT2D eigenvalue weighted by molar-refractivity contribution is 5.90. The van der Waals surface area contributed by atoms with E-state index >= 15 is 0 Å². The zero-order chi connectivity index (χ0) is 32.2. The van der Waals surface area contributed by atoms with Gasteiger partial charge in [-0.2, -0.15) is 0 Å². The van der Waals surface area contributed by atoms with Gasteiger partial charge in [0, 0.05) is 35.9 Å². The summed E-state index contributed by atoms with van der Waals surface area (Å²) in [4.78, 5) is 60.1. The molecule has 10 heteroatoms. The minimum Gasteiger partial charge on any atom is -0.423 e. The van der Waals surface area contributed by atoms with Crippen LogP contribution >= 0.6 is 0 Å². The second kappa shape index (κ2) is 15.1. The van der Waals surface area contributed by atoms with E-state index < -0.39 is 29.8 Å². The maximum atomic E-state index is 12.5. The Bertz CT molecular complexity index is 1710. The van der Waals surface area contributed by atoms with Crippen molar-refractivity contribution < 1.29 is 47.7 Å². The highest BCUT2D eigenvalue weighted by Crippen LogP contribution is 2.40. The molecule has 0 aliphatic carbocycles. The largest absolute Gasteiger partial charge is 0.423 e. The third kappa shape index (κ3) is 8.37. The van der Waals surface area contributed by atoms with Gasteiger partial charge in [0.25, 0.3) is 0 Å². The summed E-state index contributed by atoms with van der Waals surface area (Å²) in [6, 6.07) is 13.7. The molecule has 0 aliphatic heterocycles. The smallest absolute Gasteiger partial charge is 0.335 e. The van der Waals surface area contributed by atoms with E-state index in [0.29, 0.717) is 22.3 Å². The van der Waals surface area contributed by atoms with Crippen molar-refractivity contribution in [3.63, 3.8) is 0 Å². The van der Waals surface area contributed by atoms with Crippen molar-refractivity contribution >= 4 is 29.8 Å². The number of benzene rings is 3. The number of esters is 5. The number of hydrogen-bond acceptors (Lipinski definition) is 10. The Morgan fingerprint density at radius 1 is 0.477 bits per heavy atom. The minimum absolute atomic E-state index is 0.0379. The second-order valence-electron chi connectivity index (χ2n) is 8.46. The van der Waals surface area contributed by atoms with E-state index in [1.807, 2.05) is 0 Å². The van der Waals surface area contributed by atoms with Crippen molar-refractivity contribution in [3.05, 3.63) is 117 Å². The first-order valence-corrected chi connectivity index (χ1v) is 12.8. The molecule has 0 fully saturated rings. The van der Waals surface area contributed by atoms with Gasteiger partial charge in [-0.15, -0.1) is 0 Å². The summed E-state index contributed by atoms with van der Waals surface area (Å²) in [6.45, 7) is 15.1. The molecule has 10 nitrogen and oxygen atoms in total. The van der Waals surface area contributed by atoms with Crippen LogP contribution in [0.3, 0.4) is 0 Å². The Balaban J connectivity index is 2.17. The molecule has 0 bridgehead atoms. The van der Waals surface area contributed by atoms with Crippen LogP contribution in [0.15, 0.2) is 117 Å². The molecule has 222 valence electrons. The molecule has 0 unspecified atom stereocenters. The Labute approximate surface area is 252 Å².